The molecule has 42 heavy (non-hydrogen) atoms. The molecule has 0 bridgehead atoms. The third-order valence-electron chi connectivity index (χ3n) is 7.99. The van der Waals surface area contributed by atoms with Gasteiger partial charge in [0.15, 0.2) is 0 Å². The highest BCUT2D eigenvalue weighted by Gasteiger charge is 2.34. The van der Waals surface area contributed by atoms with Crippen molar-refractivity contribution in [3.63, 3.8) is 0 Å². The Balaban J connectivity index is 1.47. The lowest BCUT2D eigenvalue weighted by Gasteiger charge is -2.36. The molecule has 1 saturated heterocycles. The molecular weight excluding hydrogens is 559 g/mol. The normalized spacial score (nSPS) is 20.4. The Morgan fingerprint density at radius 1 is 1.02 bits per heavy atom. The number of aryl methyl sites for hydroxylation is 1. The molecular formula is C31H36ClFN6O3. The van der Waals surface area contributed by atoms with E-state index >= 15 is 0 Å². The van der Waals surface area contributed by atoms with Crippen LogP contribution in [0.2, 0.25) is 5.02 Å². The molecule has 0 saturated carbocycles. The summed E-state index contributed by atoms with van der Waals surface area (Å²) in [6, 6.07) is 13.1. The number of carbonyl (C=O) groups excluding carboxylic acids is 3. The number of fused-ring (bicyclic) bond motifs is 2. The highest BCUT2D eigenvalue weighted by molar-refractivity contribution is 6.31. The first-order valence-corrected chi connectivity index (χ1v) is 14.9. The number of benzene rings is 2. The maximum Gasteiger partial charge on any atom is 0.243 e. The molecule has 0 radical (unpaired) electrons. The molecule has 1 N–H and O–H groups in total. The van der Waals surface area contributed by atoms with Crippen molar-refractivity contribution >= 4 is 29.3 Å². The second kappa shape index (κ2) is 13.5. The summed E-state index contributed by atoms with van der Waals surface area (Å²) in [6.45, 7) is 3.20. The molecule has 11 heteroatoms. The smallest absolute Gasteiger partial charge is 0.243 e. The van der Waals surface area contributed by atoms with Gasteiger partial charge in [0.1, 0.15) is 23.5 Å². The third kappa shape index (κ3) is 6.98. The van der Waals surface area contributed by atoms with Crippen LogP contribution in [0.3, 0.4) is 0 Å². The molecule has 0 unspecified atom stereocenters. The van der Waals surface area contributed by atoms with Crippen molar-refractivity contribution in [2.24, 2.45) is 0 Å². The van der Waals surface area contributed by atoms with E-state index in [-0.39, 0.29) is 47.7 Å². The van der Waals surface area contributed by atoms with Crippen LogP contribution >= 0.6 is 11.6 Å². The summed E-state index contributed by atoms with van der Waals surface area (Å²) in [5, 5.41) is 8.00. The topological polar surface area (TPSA) is 100 Å². The van der Waals surface area contributed by atoms with Crippen LogP contribution < -0.4 is 5.32 Å². The number of hydrogen-bond donors (Lipinski definition) is 1. The molecule has 2 aromatic carbocycles. The Kier molecular flexibility index (Phi) is 9.51. The number of rotatable bonds is 4. The minimum atomic E-state index is -0.564. The van der Waals surface area contributed by atoms with E-state index in [9.17, 15) is 18.8 Å². The van der Waals surface area contributed by atoms with Crippen LogP contribution in [-0.4, -0.2) is 68.0 Å². The summed E-state index contributed by atoms with van der Waals surface area (Å²) < 4.78 is 16.3. The summed E-state index contributed by atoms with van der Waals surface area (Å²) in [6.07, 6.45) is 3.21. The van der Waals surface area contributed by atoms with Crippen LogP contribution in [0.1, 0.15) is 60.9 Å². The Morgan fingerprint density at radius 3 is 2.62 bits per heavy atom. The fourth-order valence-corrected chi connectivity index (χ4v) is 6.06. The van der Waals surface area contributed by atoms with E-state index in [0.717, 1.165) is 18.4 Å². The van der Waals surface area contributed by atoms with Crippen LogP contribution in [0.4, 0.5) is 4.39 Å². The Labute approximate surface area is 250 Å². The average Bonchev–Trinajstić information content (AvgIpc) is 3.36. The van der Waals surface area contributed by atoms with Gasteiger partial charge in [0.25, 0.3) is 0 Å². The minimum absolute atomic E-state index is 0.102. The van der Waals surface area contributed by atoms with Crippen LogP contribution in [0.5, 0.6) is 0 Å². The SMILES string of the molecule is Cc1nc2n(n1)CCN(C(=O)Cc1c(F)cccc1Cl)CCCC(=O)N1CCCC[C@H]1C(=O)N[C@@H]2Cc1ccccc1. The number of piperidine rings is 1. The summed E-state index contributed by atoms with van der Waals surface area (Å²) in [4.78, 5) is 48.6. The number of halogens is 2. The Morgan fingerprint density at radius 2 is 1.83 bits per heavy atom. The molecule has 1 fully saturated rings. The van der Waals surface area contributed by atoms with Crippen LogP contribution in [0.25, 0.3) is 0 Å². The maximum absolute atomic E-state index is 14.5. The van der Waals surface area contributed by atoms with Gasteiger partial charge >= 0.3 is 0 Å². The van der Waals surface area contributed by atoms with E-state index < -0.39 is 17.9 Å². The van der Waals surface area contributed by atoms with Gasteiger partial charge in [-0.1, -0.05) is 48.0 Å². The molecule has 3 aromatic rings. The molecule has 3 amide bonds. The lowest BCUT2D eigenvalue weighted by atomic mass is 9.99. The number of nitrogens with zero attached hydrogens (tertiary/aromatic N) is 5. The number of amides is 3. The van der Waals surface area contributed by atoms with Crippen molar-refractivity contribution in [2.45, 2.75) is 70.5 Å². The van der Waals surface area contributed by atoms with Crippen LogP contribution in [-0.2, 0) is 33.8 Å². The van der Waals surface area contributed by atoms with Crippen molar-refractivity contribution in [3.8, 4) is 0 Å². The second-order valence-corrected chi connectivity index (χ2v) is 11.4. The van der Waals surface area contributed by atoms with Gasteiger partial charge in [0.05, 0.1) is 19.0 Å². The van der Waals surface area contributed by atoms with Crippen molar-refractivity contribution in [1.29, 1.82) is 0 Å². The lowest BCUT2D eigenvalue weighted by molar-refractivity contribution is -0.143. The molecule has 0 aliphatic carbocycles. The summed E-state index contributed by atoms with van der Waals surface area (Å²) in [5.41, 5.74) is 1.17. The second-order valence-electron chi connectivity index (χ2n) is 11.0. The van der Waals surface area contributed by atoms with E-state index in [1.807, 2.05) is 30.3 Å². The maximum atomic E-state index is 14.5. The number of aromatic nitrogens is 3. The van der Waals surface area contributed by atoms with E-state index in [1.54, 1.807) is 27.5 Å². The van der Waals surface area contributed by atoms with Gasteiger partial charge in [-0.15, -0.1) is 0 Å². The van der Waals surface area contributed by atoms with Gasteiger partial charge in [0.2, 0.25) is 17.7 Å². The molecule has 9 nitrogen and oxygen atoms in total. The molecule has 2 aliphatic rings. The van der Waals surface area contributed by atoms with Crippen molar-refractivity contribution in [1.82, 2.24) is 29.9 Å². The van der Waals surface area contributed by atoms with Gasteiger partial charge in [-0.3, -0.25) is 14.4 Å². The van der Waals surface area contributed by atoms with Crippen molar-refractivity contribution < 1.29 is 18.8 Å². The zero-order chi connectivity index (χ0) is 29.6. The lowest BCUT2D eigenvalue weighted by Crippen LogP contribution is -2.53. The van der Waals surface area contributed by atoms with Gasteiger partial charge in [0, 0.05) is 36.6 Å². The van der Waals surface area contributed by atoms with Crippen LogP contribution in [0, 0.1) is 12.7 Å². The predicted octanol–water partition coefficient (Wildman–Crippen LogP) is 4.03. The zero-order valence-corrected chi connectivity index (χ0v) is 24.5. The molecule has 0 spiro atoms. The molecule has 2 aliphatic heterocycles. The monoisotopic (exact) mass is 594 g/mol. The summed E-state index contributed by atoms with van der Waals surface area (Å²) >= 11 is 6.22. The van der Waals surface area contributed by atoms with Gasteiger partial charge in [-0.05, 0) is 56.7 Å². The van der Waals surface area contributed by atoms with Crippen LogP contribution in [0.15, 0.2) is 48.5 Å². The first-order valence-electron chi connectivity index (χ1n) is 14.6. The first kappa shape index (κ1) is 29.7. The van der Waals surface area contributed by atoms with E-state index in [0.29, 0.717) is 50.5 Å². The van der Waals surface area contributed by atoms with Gasteiger partial charge in [-0.25, -0.2) is 14.1 Å². The molecule has 5 rings (SSSR count). The third-order valence-corrected chi connectivity index (χ3v) is 8.34. The molecule has 3 heterocycles. The minimum Gasteiger partial charge on any atom is -0.344 e. The summed E-state index contributed by atoms with van der Waals surface area (Å²) in [7, 11) is 0. The van der Waals surface area contributed by atoms with E-state index in [1.165, 1.54) is 12.1 Å². The summed E-state index contributed by atoms with van der Waals surface area (Å²) in [5.74, 6) is 0.0249. The predicted molar refractivity (Wildman–Crippen MR) is 156 cm³/mol. The standard InChI is InChI=1S/C31H36ClFN6O3/c1-21-34-30-26(19-22-9-3-2-4-10-22)35-31(42)27-13-5-6-16-38(27)28(40)14-8-15-37(17-18-39(30)36-21)29(41)20-23-24(32)11-7-12-25(23)33/h2-4,7,9-12,26-27H,5-6,8,13-20H2,1H3,(H,35,42)/t26-,27+/m1/s1. The first-order chi connectivity index (χ1) is 20.3. The molecule has 1 aromatic heterocycles. The highest BCUT2D eigenvalue weighted by Crippen LogP contribution is 2.24. The van der Waals surface area contributed by atoms with Gasteiger partial charge < -0.3 is 15.1 Å². The molecule has 222 valence electrons. The number of nitrogens with one attached hydrogen (secondary N) is 1. The average molecular weight is 595 g/mol. The van der Waals surface area contributed by atoms with E-state index in [4.69, 9.17) is 16.6 Å². The fraction of sp³-hybridized carbons (Fsp3) is 0.452. The van der Waals surface area contributed by atoms with Crippen molar-refractivity contribution in [3.05, 3.63) is 82.1 Å². The number of carbonyl (C=O) groups is 3. The Hall–Kier alpha value is -3.79. The van der Waals surface area contributed by atoms with Crippen molar-refractivity contribution in [2.75, 3.05) is 19.6 Å². The quantitative estimate of drug-likeness (QED) is 0.492. The zero-order valence-electron chi connectivity index (χ0n) is 23.8. The largest absolute Gasteiger partial charge is 0.344 e. The van der Waals surface area contributed by atoms with E-state index in [2.05, 4.69) is 10.4 Å². The van der Waals surface area contributed by atoms with Gasteiger partial charge in [-0.2, -0.15) is 5.10 Å². The highest BCUT2D eigenvalue weighted by atomic mass is 35.5. The molecule has 2 atom stereocenters. The number of hydrogen-bond acceptors (Lipinski definition) is 5. The fourth-order valence-electron chi connectivity index (χ4n) is 5.83. The Bertz CT molecular complexity index is 1410.